The number of rotatable bonds is 8. The number of hydrogen-bond donors (Lipinski definition) is 5. The van der Waals surface area contributed by atoms with Gasteiger partial charge >= 0.3 is 0 Å². The average molecular weight is 189 g/mol. The fraction of sp³-hybridized carbons (Fsp3) is 0.857. The van der Waals surface area contributed by atoms with Crippen molar-refractivity contribution in [1.82, 2.24) is 16.2 Å². The third-order valence-electron chi connectivity index (χ3n) is 1.57. The number of hydrogen-bond acceptors (Lipinski definition) is 6. The Hall–Kier alpha value is -0.530. The van der Waals surface area contributed by atoms with E-state index in [-0.39, 0.29) is 6.04 Å². The van der Waals surface area contributed by atoms with Gasteiger partial charge in [-0.2, -0.15) is 0 Å². The largest absolute Gasteiger partial charge is 0.304 e. The highest BCUT2D eigenvalue weighted by atomic mass is 16.1. The Bertz CT molecular complexity index is 130. The van der Waals surface area contributed by atoms with E-state index in [1.807, 2.05) is 0 Å². The van der Waals surface area contributed by atoms with E-state index in [0.717, 1.165) is 19.1 Å². The maximum Gasteiger partial charge on any atom is 0.138 e. The third-order valence-corrected chi connectivity index (χ3v) is 1.57. The van der Waals surface area contributed by atoms with Crippen LogP contribution in [0.25, 0.3) is 0 Å². The van der Waals surface area contributed by atoms with E-state index < -0.39 is 6.29 Å². The molecule has 0 amide bonds. The topological polar surface area (TPSA) is 105 Å². The minimum absolute atomic E-state index is 0.152. The summed E-state index contributed by atoms with van der Waals surface area (Å²) in [5.41, 5.74) is 16.1. The number of carbonyl (C=O) groups excluding carboxylic acids is 1. The Morgan fingerprint density at radius 1 is 1.46 bits per heavy atom. The van der Waals surface area contributed by atoms with E-state index in [0.29, 0.717) is 6.54 Å². The molecule has 7 N–H and O–H groups in total. The molecule has 0 saturated carbocycles. The molecule has 0 fully saturated rings. The lowest BCUT2D eigenvalue weighted by Gasteiger charge is -2.12. The maximum absolute atomic E-state index is 10.5. The van der Waals surface area contributed by atoms with E-state index in [1.165, 1.54) is 0 Å². The Balaban J connectivity index is 3.32. The molecule has 0 aromatic carbocycles. The van der Waals surface area contributed by atoms with Crippen LogP contribution in [0.3, 0.4) is 0 Å². The van der Waals surface area contributed by atoms with Crippen molar-refractivity contribution in [2.24, 2.45) is 11.5 Å². The van der Waals surface area contributed by atoms with Crippen LogP contribution in [0.2, 0.25) is 0 Å². The van der Waals surface area contributed by atoms with Gasteiger partial charge in [0.1, 0.15) is 12.6 Å². The molecule has 0 radical (unpaired) electrons. The summed E-state index contributed by atoms with van der Waals surface area (Å²) >= 11 is 0. The predicted octanol–water partition coefficient (Wildman–Crippen LogP) is -2.15. The number of nitrogens with two attached hydrogens (primary N) is 2. The fourth-order valence-electron chi connectivity index (χ4n) is 0.950. The highest BCUT2D eigenvalue weighted by Crippen LogP contribution is 1.91. The van der Waals surface area contributed by atoms with Gasteiger partial charge in [-0.3, -0.25) is 10.7 Å². The van der Waals surface area contributed by atoms with E-state index >= 15 is 0 Å². The van der Waals surface area contributed by atoms with Crippen LogP contribution in [0.4, 0.5) is 0 Å². The summed E-state index contributed by atoms with van der Waals surface area (Å²) in [5.74, 6) is 0. The smallest absolute Gasteiger partial charge is 0.138 e. The molecule has 0 aliphatic heterocycles. The van der Waals surface area contributed by atoms with Crippen molar-refractivity contribution in [3.8, 4) is 0 Å². The standard InChI is InChI=1S/C7H19N5O/c1-10-12-6(5-13)3-2-4-11-7(8)9/h5-7,10-12H,2-4,8-9H2,1H3/t6-/m0/s1. The lowest BCUT2D eigenvalue weighted by molar-refractivity contribution is -0.109. The predicted molar refractivity (Wildman–Crippen MR) is 51.4 cm³/mol. The minimum atomic E-state index is -0.480. The summed E-state index contributed by atoms with van der Waals surface area (Å²) in [4.78, 5) is 10.5. The van der Waals surface area contributed by atoms with Gasteiger partial charge in [0.25, 0.3) is 0 Å². The molecule has 78 valence electrons. The molecule has 0 aromatic heterocycles. The summed E-state index contributed by atoms with van der Waals surface area (Å²) < 4.78 is 0. The monoisotopic (exact) mass is 189 g/mol. The Labute approximate surface area is 78.4 Å². The summed E-state index contributed by atoms with van der Waals surface area (Å²) in [7, 11) is 1.73. The second-order valence-corrected chi connectivity index (χ2v) is 2.76. The zero-order chi connectivity index (χ0) is 10.1. The lowest BCUT2D eigenvalue weighted by atomic mass is 10.2. The summed E-state index contributed by atoms with van der Waals surface area (Å²) in [6.45, 7) is 0.716. The van der Waals surface area contributed by atoms with Crippen molar-refractivity contribution in [2.75, 3.05) is 13.6 Å². The molecule has 0 heterocycles. The number of aldehydes is 1. The maximum atomic E-state index is 10.5. The van der Waals surface area contributed by atoms with Gasteiger partial charge in [-0.05, 0) is 26.4 Å². The molecule has 13 heavy (non-hydrogen) atoms. The number of hydrazine groups is 1. The molecule has 0 unspecified atom stereocenters. The van der Waals surface area contributed by atoms with Crippen molar-refractivity contribution in [3.63, 3.8) is 0 Å². The molecular weight excluding hydrogens is 170 g/mol. The summed E-state index contributed by atoms with van der Waals surface area (Å²) in [6, 6.07) is -0.152. The molecular formula is C7H19N5O. The fourth-order valence-corrected chi connectivity index (χ4v) is 0.950. The van der Waals surface area contributed by atoms with E-state index in [9.17, 15) is 4.79 Å². The zero-order valence-electron chi connectivity index (χ0n) is 7.92. The van der Waals surface area contributed by atoms with Gasteiger partial charge in [0, 0.05) is 0 Å². The van der Waals surface area contributed by atoms with E-state index in [1.54, 1.807) is 7.05 Å². The van der Waals surface area contributed by atoms with Crippen LogP contribution >= 0.6 is 0 Å². The molecule has 6 heteroatoms. The SMILES string of the molecule is CNN[C@H](C=O)CCCNC(N)N. The Morgan fingerprint density at radius 3 is 2.62 bits per heavy atom. The van der Waals surface area contributed by atoms with Crippen LogP contribution in [-0.2, 0) is 4.79 Å². The second-order valence-electron chi connectivity index (χ2n) is 2.76. The molecule has 6 nitrogen and oxygen atoms in total. The first-order valence-electron chi connectivity index (χ1n) is 4.32. The Kier molecular flexibility index (Phi) is 7.76. The minimum Gasteiger partial charge on any atom is -0.304 e. The molecule has 0 aliphatic carbocycles. The van der Waals surface area contributed by atoms with Crippen LogP contribution < -0.4 is 27.6 Å². The average Bonchev–Trinajstić information content (AvgIpc) is 2.10. The summed E-state index contributed by atoms with van der Waals surface area (Å²) in [5, 5.41) is 2.86. The molecule has 0 aromatic rings. The quantitative estimate of drug-likeness (QED) is 0.129. The van der Waals surface area contributed by atoms with Crippen molar-refractivity contribution in [1.29, 1.82) is 0 Å². The van der Waals surface area contributed by atoms with Gasteiger partial charge in [-0.1, -0.05) is 0 Å². The summed E-state index contributed by atoms with van der Waals surface area (Å²) in [6.07, 6.45) is 2.00. The van der Waals surface area contributed by atoms with Crippen LogP contribution in [0.15, 0.2) is 0 Å². The zero-order valence-corrected chi connectivity index (χ0v) is 7.92. The van der Waals surface area contributed by atoms with Gasteiger partial charge in [0.2, 0.25) is 0 Å². The first-order chi connectivity index (χ1) is 6.20. The van der Waals surface area contributed by atoms with Gasteiger partial charge in [0.15, 0.2) is 0 Å². The first-order valence-corrected chi connectivity index (χ1v) is 4.32. The van der Waals surface area contributed by atoms with Crippen LogP contribution in [0, 0.1) is 0 Å². The van der Waals surface area contributed by atoms with Gasteiger partial charge < -0.3 is 16.3 Å². The van der Waals surface area contributed by atoms with Crippen LogP contribution in [-0.4, -0.2) is 32.2 Å². The molecule has 0 spiro atoms. The molecule has 0 saturated heterocycles. The number of carbonyl (C=O) groups is 1. The third kappa shape index (κ3) is 7.82. The second kappa shape index (κ2) is 8.09. The van der Waals surface area contributed by atoms with E-state index in [4.69, 9.17) is 11.5 Å². The van der Waals surface area contributed by atoms with Crippen molar-refractivity contribution in [3.05, 3.63) is 0 Å². The van der Waals surface area contributed by atoms with Gasteiger partial charge in [-0.25, -0.2) is 5.43 Å². The van der Waals surface area contributed by atoms with E-state index in [2.05, 4.69) is 16.2 Å². The molecule has 0 bridgehead atoms. The molecule has 0 aliphatic rings. The van der Waals surface area contributed by atoms with Crippen molar-refractivity contribution >= 4 is 6.29 Å². The lowest BCUT2D eigenvalue weighted by Crippen LogP contribution is -2.46. The van der Waals surface area contributed by atoms with Crippen LogP contribution in [0.5, 0.6) is 0 Å². The normalized spacial score (nSPS) is 13.2. The van der Waals surface area contributed by atoms with Gasteiger partial charge in [0.05, 0.1) is 6.04 Å². The highest BCUT2D eigenvalue weighted by Gasteiger charge is 2.04. The molecule has 1 atom stereocenters. The highest BCUT2D eigenvalue weighted by molar-refractivity contribution is 5.57. The van der Waals surface area contributed by atoms with Crippen molar-refractivity contribution in [2.45, 2.75) is 25.2 Å². The number of nitrogens with one attached hydrogen (secondary N) is 3. The van der Waals surface area contributed by atoms with Crippen molar-refractivity contribution < 1.29 is 4.79 Å². The van der Waals surface area contributed by atoms with Gasteiger partial charge in [-0.15, -0.1) is 0 Å². The van der Waals surface area contributed by atoms with Crippen LogP contribution in [0.1, 0.15) is 12.8 Å². The Morgan fingerprint density at radius 2 is 2.15 bits per heavy atom. The first kappa shape index (κ1) is 12.5. The molecule has 0 rings (SSSR count).